The summed E-state index contributed by atoms with van der Waals surface area (Å²) in [6.45, 7) is 5.65. The van der Waals surface area contributed by atoms with Gasteiger partial charge in [0, 0.05) is 37.1 Å². The van der Waals surface area contributed by atoms with Gasteiger partial charge in [0.15, 0.2) is 0 Å². The Kier molecular flexibility index (Phi) is 6.13. The summed E-state index contributed by atoms with van der Waals surface area (Å²) < 4.78 is 10.7. The van der Waals surface area contributed by atoms with Crippen LogP contribution in [0.25, 0.3) is 16.8 Å². The van der Waals surface area contributed by atoms with Crippen LogP contribution in [-0.2, 0) is 4.74 Å². The van der Waals surface area contributed by atoms with Crippen LogP contribution in [0.2, 0.25) is 0 Å². The number of aliphatic hydroxyl groups is 1. The van der Waals surface area contributed by atoms with Crippen LogP contribution in [0.15, 0.2) is 35.4 Å². The average molecular weight is 415 g/mol. The first-order chi connectivity index (χ1) is 14.2. The van der Waals surface area contributed by atoms with Crippen molar-refractivity contribution in [1.29, 1.82) is 5.41 Å². The molecule has 0 unspecified atom stereocenters. The molecule has 29 heavy (non-hydrogen) atoms. The van der Waals surface area contributed by atoms with E-state index in [0.29, 0.717) is 23.0 Å². The number of nitrogens with one attached hydrogen (secondary N) is 1. The van der Waals surface area contributed by atoms with Crippen LogP contribution >= 0.6 is 11.3 Å². The molecule has 0 spiro atoms. The molecule has 4 rings (SSSR count). The zero-order chi connectivity index (χ0) is 20.2. The van der Waals surface area contributed by atoms with Crippen molar-refractivity contribution >= 4 is 22.7 Å². The highest BCUT2D eigenvalue weighted by atomic mass is 32.1. The fourth-order valence-corrected chi connectivity index (χ4v) is 4.56. The van der Waals surface area contributed by atoms with E-state index in [1.165, 1.54) is 11.3 Å². The largest absolute Gasteiger partial charge is 0.510 e. The Hall–Kier alpha value is -2.42. The minimum Gasteiger partial charge on any atom is -0.510 e. The predicted molar refractivity (Wildman–Crippen MR) is 115 cm³/mol. The smallest absolute Gasteiger partial charge is 0.135 e. The number of thiazole rings is 1. The highest BCUT2D eigenvalue weighted by Gasteiger charge is 2.30. The molecular weight excluding hydrogens is 388 g/mol. The summed E-state index contributed by atoms with van der Waals surface area (Å²) in [5.74, 6) is 1.36. The minimum atomic E-state index is 0.230. The molecule has 3 heterocycles. The van der Waals surface area contributed by atoms with Crippen LogP contribution in [0.1, 0.15) is 11.4 Å². The van der Waals surface area contributed by atoms with Gasteiger partial charge in [-0.15, -0.1) is 11.3 Å². The molecular formula is C21H26N4O3S. The Morgan fingerprint density at radius 1 is 1.28 bits per heavy atom. The fraction of sp³-hybridized carbons (Fsp3) is 0.429. The SMILES string of the molecule is COc1cccc(-c2csc(C3=C(O)CN(CCCN4CCOCC4)C3=N)n2)c1. The molecule has 154 valence electrons. The molecule has 2 aromatic rings. The van der Waals surface area contributed by atoms with Crippen molar-refractivity contribution in [2.24, 2.45) is 0 Å². The van der Waals surface area contributed by atoms with Gasteiger partial charge >= 0.3 is 0 Å². The quantitative estimate of drug-likeness (QED) is 0.725. The molecule has 0 amide bonds. The molecule has 2 N–H and O–H groups in total. The first-order valence-electron chi connectivity index (χ1n) is 9.82. The zero-order valence-corrected chi connectivity index (χ0v) is 17.4. The van der Waals surface area contributed by atoms with E-state index in [4.69, 9.17) is 14.9 Å². The monoisotopic (exact) mass is 414 g/mol. The molecule has 8 heteroatoms. The number of aliphatic hydroxyl groups excluding tert-OH is 1. The number of rotatable bonds is 7. The lowest BCUT2D eigenvalue weighted by Crippen LogP contribution is -2.38. The van der Waals surface area contributed by atoms with Crippen LogP contribution in [-0.4, -0.2) is 78.8 Å². The Labute approximate surface area is 174 Å². The first kappa shape index (κ1) is 19.9. The number of methoxy groups -OCH3 is 1. The molecule has 1 aromatic heterocycles. The Balaban J connectivity index is 1.40. The van der Waals surface area contributed by atoms with Gasteiger partial charge < -0.3 is 19.5 Å². The van der Waals surface area contributed by atoms with Crippen molar-refractivity contribution in [3.8, 4) is 17.0 Å². The molecule has 2 aliphatic rings. The van der Waals surface area contributed by atoms with Crippen LogP contribution in [0.5, 0.6) is 5.75 Å². The molecule has 0 radical (unpaired) electrons. The lowest BCUT2D eigenvalue weighted by Gasteiger charge is -2.27. The van der Waals surface area contributed by atoms with E-state index in [0.717, 1.165) is 62.8 Å². The van der Waals surface area contributed by atoms with E-state index in [9.17, 15) is 5.11 Å². The van der Waals surface area contributed by atoms with E-state index >= 15 is 0 Å². The van der Waals surface area contributed by atoms with Crippen molar-refractivity contribution in [3.63, 3.8) is 0 Å². The summed E-state index contributed by atoms with van der Waals surface area (Å²) in [4.78, 5) is 9.00. The Morgan fingerprint density at radius 3 is 2.90 bits per heavy atom. The van der Waals surface area contributed by atoms with Crippen LogP contribution in [0, 0.1) is 5.41 Å². The molecule has 0 aliphatic carbocycles. The van der Waals surface area contributed by atoms with E-state index < -0.39 is 0 Å². The van der Waals surface area contributed by atoms with E-state index in [1.807, 2.05) is 34.5 Å². The second kappa shape index (κ2) is 8.94. The molecule has 0 bridgehead atoms. The van der Waals surface area contributed by atoms with Crippen LogP contribution in [0.4, 0.5) is 0 Å². The van der Waals surface area contributed by atoms with Gasteiger partial charge in [0.2, 0.25) is 0 Å². The second-order valence-corrected chi connectivity index (χ2v) is 8.03. The van der Waals surface area contributed by atoms with Gasteiger partial charge in [-0.3, -0.25) is 10.3 Å². The molecule has 2 aliphatic heterocycles. The van der Waals surface area contributed by atoms with Gasteiger partial charge in [-0.05, 0) is 18.6 Å². The number of amidine groups is 1. The number of benzene rings is 1. The zero-order valence-electron chi connectivity index (χ0n) is 16.6. The van der Waals surface area contributed by atoms with Gasteiger partial charge in [0.25, 0.3) is 0 Å². The maximum Gasteiger partial charge on any atom is 0.135 e. The topological polar surface area (TPSA) is 81.9 Å². The Morgan fingerprint density at radius 2 is 2.10 bits per heavy atom. The van der Waals surface area contributed by atoms with Gasteiger partial charge in [0.05, 0.1) is 38.1 Å². The third-order valence-corrected chi connectivity index (χ3v) is 6.13. The summed E-state index contributed by atoms with van der Waals surface area (Å²) >= 11 is 1.45. The highest BCUT2D eigenvalue weighted by molar-refractivity contribution is 7.11. The van der Waals surface area contributed by atoms with Crippen molar-refractivity contribution in [2.75, 3.05) is 53.0 Å². The number of hydrogen-bond donors (Lipinski definition) is 2. The van der Waals surface area contributed by atoms with Crippen molar-refractivity contribution < 1.29 is 14.6 Å². The minimum absolute atomic E-state index is 0.230. The number of aromatic nitrogens is 1. The van der Waals surface area contributed by atoms with E-state index in [2.05, 4.69) is 9.88 Å². The number of hydrogen-bond acceptors (Lipinski definition) is 7. The van der Waals surface area contributed by atoms with Gasteiger partial charge in [-0.25, -0.2) is 4.98 Å². The third kappa shape index (κ3) is 4.44. The van der Waals surface area contributed by atoms with Gasteiger partial charge in [-0.1, -0.05) is 12.1 Å². The second-order valence-electron chi connectivity index (χ2n) is 7.17. The average Bonchev–Trinajstić information content (AvgIpc) is 3.33. The van der Waals surface area contributed by atoms with Crippen LogP contribution in [0.3, 0.4) is 0 Å². The molecule has 1 saturated heterocycles. The van der Waals surface area contributed by atoms with Crippen LogP contribution < -0.4 is 4.74 Å². The molecule has 7 nitrogen and oxygen atoms in total. The Bertz CT molecular complexity index is 905. The maximum atomic E-state index is 10.5. The maximum absolute atomic E-state index is 10.5. The van der Waals surface area contributed by atoms with E-state index in [1.54, 1.807) is 7.11 Å². The predicted octanol–water partition coefficient (Wildman–Crippen LogP) is 3.10. The van der Waals surface area contributed by atoms with E-state index in [-0.39, 0.29) is 5.76 Å². The van der Waals surface area contributed by atoms with Crippen molar-refractivity contribution in [1.82, 2.24) is 14.8 Å². The van der Waals surface area contributed by atoms with Gasteiger partial charge in [-0.2, -0.15) is 0 Å². The third-order valence-electron chi connectivity index (χ3n) is 5.27. The molecule has 0 saturated carbocycles. The highest BCUT2D eigenvalue weighted by Crippen LogP contribution is 2.33. The lowest BCUT2D eigenvalue weighted by molar-refractivity contribution is 0.0368. The summed E-state index contributed by atoms with van der Waals surface area (Å²) in [6.07, 6.45) is 0.954. The van der Waals surface area contributed by atoms with Crippen molar-refractivity contribution in [2.45, 2.75) is 6.42 Å². The lowest BCUT2D eigenvalue weighted by atomic mass is 10.1. The van der Waals surface area contributed by atoms with Crippen molar-refractivity contribution in [3.05, 3.63) is 40.4 Å². The summed E-state index contributed by atoms with van der Waals surface area (Å²) in [5.41, 5.74) is 2.33. The number of morpholine rings is 1. The number of ether oxygens (including phenoxy) is 2. The summed E-state index contributed by atoms with van der Waals surface area (Å²) in [6, 6.07) is 7.74. The molecule has 1 fully saturated rings. The fourth-order valence-electron chi connectivity index (χ4n) is 3.66. The van der Waals surface area contributed by atoms with Gasteiger partial charge in [0.1, 0.15) is 22.4 Å². The summed E-state index contributed by atoms with van der Waals surface area (Å²) in [5, 5.41) is 21.7. The standard InChI is InChI=1S/C21H26N4O3S/c1-27-16-5-2-4-15(12-16)17-14-29-21(23-17)19-18(26)13-25(20(19)22)7-3-6-24-8-10-28-11-9-24/h2,4-5,12,14,22,26H,3,6-11,13H2,1H3. The normalized spacial score (nSPS) is 18.0. The first-order valence-corrected chi connectivity index (χ1v) is 10.7. The molecule has 1 aromatic carbocycles. The summed E-state index contributed by atoms with van der Waals surface area (Å²) in [7, 11) is 1.64. The number of nitrogens with zero attached hydrogens (tertiary/aromatic N) is 3. The molecule has 0 atom stereocenters.